The highest BCUT2D eigenvalue weighted by molar-refractivity contribution is 5.80. The molecule has 1 heterocycles. The Labute approximate surface area is 66.7 Å². The summed E-state index contributed by atoms with van der Waals surface area (Å²) in [5.41, 5.74) is 5.21. The van der Waals surface area contributed by atoms with Gasteiger partial charge in [-0.1, -0.05) is 0 Å². The van der Waals surface area contributed by atoms with Gasteiger partial charge in [0.25, 0.3) is 0 Å². The summed E-state index contributed by atoms with van der Waals surface area (Å²) >= 11 is 0. The van der Waals surface area contributed by atoms with Crippen LogP contribution in [0.1, 0.15) is 6.42 Å². The maximum atomic E-state index is 10.9. The molecule has 0 aromatic heterocycles. The van der Waals surface area contributed by atoms with Crippen molar-refractivity contribution < 1.29 is 4.79 Å². The molecule has 0 aliphatic carbocycles. The van der Waals surface area contributed by atoms with Crippen molar-refractivity contribution in [2.24, 2.45) is 5.73 Å². The van der Waals surface area contributed by atoms with Gasteiger partial charge in [0.1, 0.15) is 6.04 Å². The van der Waals surface area contributed by atoms with Gasteiger partial charge in [0.2, 0.25) is 5.91 Å². The van der Waals surface area contributed by atoms with Crippen LogP contribution < -0.4 is 11.1 Å². The standard InChI is InChI=1S/C7H15N3O/c1-10-4-2-3-9-5-6(10)7(8)11/h6,9H,2-5H2,1H3,(H2,8,11). The average Bonchev–Trinajstić information content (AvgIpc) is 2.13. The van der Waals surface area contributed by atoms with Crippen LogP contribution in [0.2, 0.25) is 0 Å². The normalized spacial score (nSPS) is 27.9. The number of nitrogens with zero attached hydrogens (tertiary/aromatic N) is 1. The molecule has 1 aliphatic rings. The highest BCUT2D eigenvalue weighted by Crippen LogP contribution is 1.99. The monoisotopic (exact) mass is 157 g/mol. The zero-order valence-corrected chi connectivity index (χ0v) is 6.84. The molecule has 0 bridgehead atoms. The SMILES string of the molecule is CN1CCCNCC1C(N)=O. The Morgan fingerprint density at radius 3 is 3.09 bits per heavy atom. The van der Waals surface area contributed by atoms with Gasteiger partial charge >= 0.3 is 0 Å². The van der Waals surface area contributed by atoms with Gasteiger partial charge < -0.3 is 11.1 Å². The zero-order chi connectivity index (χ0) is 8.27. The van der Waals surface area contributed by atoms with Crippen LogP contribution in [0.25, 0.3) is 0 Å². The van der Waals surface area contributed by atoms with Crippen LogP contribution in [-0.4, -0.2) is 43.5 Å². The van der Waals surface area contributed by atoms with Gasteiger partial charge in [-0.05, 0) is 26.6 Å². The molecule has 0 aromatic rings. The van der Waals surface area contributed by atoms with E-state index in [4.69, 9.17) is 5.73 Å². The second-order valence-corrected chi connectivity index (χ2v) is 2.96. The first-order chi connectivity index (χ1) is 5.22. The van der Waals surface area contributed by atoms with E-state index in [0.717, 1.165) is 19.5 Å². The van der Waals surface area contributed by atoms with Crippen molar-refractivity contribution in [3.05, 3.63) is 0 Å². The summed E-state index contributed by atoms with van der Waals surface area (Å²) in [5, 5.41) is 3.17. The summed E-state index contributed by atoms with van der Waals surface area (Å²) in [5.74, 6) is -0.234. The molecule has 3 N–H and O–H groups in total. The molecule has 0 saturated carbocycles. The highest BCUT2D eigenvalue weighted by atomic mass is 16.1. The fourth-order valence-electron chi connectivity index (χ4n) is 1.32. The molecule has 1 saturated heterocycles. The number of primary amides is 1. The van der Waals surface area contributed by atoms with Crippen molar-refractivity contribution in [1.29, 1.82) is 0 Å². The van der Waals surface area contributed by atoms with Crippen LogP contribution in [0.15, 0.2) is 0 Å². The zero-order valence-electron chi connectivity index (χ0n) is 6.84. The van der Waals surface area contributed by atoms with E-state index in [0.29, 0.717) is 6.54 Å². The van der Waals surface area contributed by atoms with E-state index >= 15 is 0 Å². The Hall–Kier alpha value is -0.610. The van der Waals surface area contributed by atoms with E-state index in [9.17, 15) is 4.79 Å². The second kappa shape index (κ2) is 3.69. The summed E-state index contributed by atoms with van der Waals surface area (Å²) in [6, 6.07) is -0.127. The van der Waals surface area contributed by atoms with Crippen LogP contribution in [0.3, 0.4) is 0 Å². The smallest absolute Gasteiger partial charge is 0.236 e. The topological polar surface area (TPSA) is 58.4 Å². The fraction of sp³-hybridized carbons (Fsp3) is 0.857. The Kier molecular flexibility index (Phi) is 2.84. The molecule has 1 aliphatic heterocycles. The van der Waals surface area contributed by atoms with Crippen molar-refractivity contribution in [2.75, 3.05) is 26.7 Å². The lowest BCUT2D eigenvalue weighted by atomic mass is 10.2. The van der Waals surface area contributed by atoms with Crippen molar-refractivity contribution in [3.8, 4) is 0 Å². The van der Waals surface area contributed by atoms with Gasteiger partial charge in [0.15, 0.2) is 0 Å². The van der Waals surface area contributed by atoms with Gasteiger partial charge in [-0.15, -0.1) is 0 Å². The molecule has 0 radical (unpaired) electrons. The number of hydrogen-bond acceptors (Lipinski definition) is 3. The Balaban J connectivity index is 2.52. The summed E-state index contributed by atoms with van der Waals surface area (Å²) in [4.78, 5) is 12.9. The number of carbonyl (C=O) groups excluding carboxylic acids is 1. The summed E-state index contributed by atoms with van der Waals surface area (Å²) < 4.78 is 0. The van der Waals surface area contributed by atoms with E-state index in [1.54, 1.807) is 0 Å². The third-order valence-corrected chi connectivity index (χ3v) is 2.06. The third-order valence-electron chi connectivity index (χ3n) is 2.06. The molecular weight excluding hydrogens is 142 g/mol. The van der Waals surface area contributed by atoms with Crippen LogP contribution >= 0.6 is 0 Å². The lowest BCUT2D eigenvalue weighted by Crippen LogP contribution is -2.46. The van der Waals surface area contributed by atoms with Gasteiger partial charge in [-0.25, -0.2) is 0 Å². The van der Waals surface area contributed by atoms with E-state index in [1.807, 2.05) is 11.9 Å². The minimum atomic E-state index is -0.234. The number of likely N-dealkylation sites (N-methyl/N-ethyl adjacent to an activating group) is 1. The van der Waals surface area contributed by atoms with E-state index in [1.165, 1.54) is 0 Å². The largest absolute Gasteiger partial charge is 0.368 e. The van der Waals surface area contributed by atoms with E-state index < -0.39 is 0 Å². The summed E-state index contributed by atoms with van der Waals surface area (Å²) in [7, 11) is 1.93. The Bertz CT molecular complexity index is 149. The van der Waals surface area contributed by atoms with E-state index in [2.05, 4.69) is 5.32 Å². The first-order valence-corrected chi connectivity index (χ1v) is 3.92. The molecule has 1 rings (SSSR count). The van der Waals surface area contributed by atoms with Crippen molar-refractivity contribution in [1.82, 2.24) is 10.2 Å². The first kappa shape index (κ1) is 8.49. The summed E-state index contributed by atoms with van der Waals surface area (Å²) in [6.07, 6.45) is 1.08. The molecule has 0 spiro atoms. The van der Waals surface area contributed by atoms with Gasteiger partial charge in [-0.3, -0.25) is 9.69 Å². The number of rotatable bonds is 1. The molecule has 1 atom stereocenters. The first-order valence-electron chi connectivity index (χ1n) is 3.92. The fourth-order valence-corrected chi connectivity index (χ4v) is 1.32. The van der Waals surface area contributed by atoms with Crippen LogP contribution in [-0.2, 0) is 4.79 Å². The Morgan fingerprint density at radius 2 is 2.45 bits per heavy atom. The quantitative estimate of drug-likeness (QED) is 0.501. The van der Waals surface area contributed by atoms with Crippen molar-refractivity contribution in [2.45, 2.75) is 12.5 Å². The van der Waals surface area contributed by atoms with E-state index in [-0.39, 0.29) is 11.9 Å². The molecule has 64 valence electrons. The minimum absolute atomic E-state index is 0.127. The predicted octanol–water partition coefficient (Wildman–Crippen LogP) is -1.23. The molecule has 1 unspecified atom stereocenters. The molecule has 1 fully saturated rings. The maximum Gasteiger partial charge on any atom is 0.236 e. The molecule has 1 amide bonds. The number of amides is 1. The van der Waals surface area contributed by atoms with Crippen LogP contribution in [0.4, 0.5) is 0 Å². The third kappa shape index (κ3) is 2.17. The lowest BCUT2D eigenvalue weighted by molar-refractivity contribution is -0.122. The minimum Gasteiger partial charge on any atom is -0.368 e. The van der Waals surface area contributed by atoms with Gasteiger partial charge in [0, 0.05) is 6.54 Å². The average molecular weight is 157 g/mol. The molecular formula is C7H15N3O. The molecule has 4 nitrogen and oxygen atoms in total. The maximum absolute atomic E-state index is 10.9. The van der Waals surface area contributed by atoms with Crippen molar-refractivity contribution in [3.63, 3.8) is 0 Å². The summed E-state index contributed by atoms with van der Waals surface area (Å²) in [6.45, 7) is 2.61. The number of hydrogen-bond donors (Lipinski definition) is 2. The van der Waals surface area contributed by atoms with Gasteiger partial charge in [0.05, 0.1) is 0 Å². The Morgan fingerprint density at radius 1 is 1.73 bits per heavy atom. The van der Waals surface area contributed by atoms with Gasteiger partial charge in [-0.2, -0.15) is 0 Å². The van der Waals surface area contributed by atoms with Crippen LogP contribution in [0, 0.1) is 0 Å². The number of carbonyl (C=O) groups is 1. The number of nitrogens with two attached hydrogens (primary N) is 1. The number of nitrogens with one attached hydrogen (secondary N) is 1. The molecule has 0 aromatic carbocycles. The highest BCUT2D eigenvalue weighted by Gasteiger charge is 2.21. The van der Waals surface area contributed by atoms with Crippen LogP contribution in [0.5, 0.6) is 0 Å². The molecule has 4 heteroatoms. The predicted molar refractivity (Wildman–Crippen MR) is 43.1 cm³/mol. The molecule has 11 heavy (non-hydrogen) atoms. The second-order valence-electron chi connectivity index (χ2n) is 2.96. The lowest BCUT2D eigenvalue weighted by Gasteiger charge is -2.21. The van der Waals surface area contributed by atoms with Crippen molar-refractivity contribution >= 4 is 5.91 Å².